The second-order valence-electron chi connectivity index (χ2n) is 8.03. The van der Waals surface area contributed by atoms with E-state index in [1.807, 2.05) is 50.2 Å². The smallest absolute Gasteiger partial charge is 0.224 e. The molecule has 3 unspecified atom stereocenters. The van der Waals surface area contributed by atoms with Crippen LogP contribution < -0.4 is 19.5 Å². The molecular formula is C25H33NO4. The van der Waals surface area contributed by atoms with E-state index in [1.165, 1.54) is 0 Å². The van der Waals surface area contributed by atoms with Crippen LogP contribution in [0.5, 0.6) is 17.2 Å². The number of benzene rings is 2. The van der Waals surface area contributed by atoms with Crippen molar-refractivity contribution in [2.75, 3.05) is 20.3 Å². The largest absolute Gasteiger partial charge is 0.497 e. The Morgan fingerprint density at radius 1 is 1.07 bits per heavy atom. The van der Waals surface area contributed by atoms with Gasteiger partial charge in [0.05, 0.1) is 26.4 Å². The molecule has 162 valence electrons. The average Bonchev–Trinajstić information content (AvgIpc) is 3.54. The molecule has 0 saturated heterocycles. The number of rotatable bonds is 10. The Kier molecular flexibility index (Phi) is 7.24. The molecule has 30 heavy (non-hydrogen) atoms. The number of ether oxygens (including phenoxy) is 3. The third kappa shape index (κ3) is 5.07. The van der Waals surface area contributed by atoms with Crippen molar-refractivity contribution in [3.05, 3.63) is 53.6 Å². The molecule has 1 aliphatic carbocycles. The first kappa shape index (κ1) is 22.0. The van der Waals surface area contributed by atoms with Crippen molar-refractivity contribution in [1.82, 2.24) is 5.32 Å². The lowest BCUT2D eigenvalue weighted by molar-refractivity contribution is -0.123. The molecule has 3 rings (SSSR count). The van der Waals surface area contributed by atoms with Crippen LogP contribution in [0.25, 0.3) is 0 Å². The van der Waals surface area contributed by atoms with Crippen LogP contribution in [0.4, 0.5) is 0 Å². The fourth-order valence-corrected chi connectivity index (χ4v) is 3.88. The van der Waals surface area contributed by atoms with Crippen LogP contribution in [-0.4, -0.2) is 26.2 Å². The third-order valence-corrected chi connectivity index (χ3v) is 5.54. The molecule has 1 aliphatic rings. The highest BCUT2D eigenvalue weighted by Crippen LogP contribution is 2.48. The van der Waals surface area contributed by atoms with Crippen molar-refractivity contribution in [3.63, 3.8) is 0 Å². The summed E-state index contributed by atoms with van der Waals surface area (Å²) in [6, 6.07) is 13.9. The molecular weight excluding hydrogens is 378 g/mol. The van der Waals surface area contributed by atoms with E-state index in [9.17, 15) is 4.79 Å². The van der Waals surface area contributed by atoms with E-state index in [-0.39, 0.29) is 29.7 Å². The zero-order valence-electron chi connectivity index (χ0n) is 18.6. The summed E-state index contributed by atoms with van der Waals surface area (Å²) in [7, 11) is 1.66. The molecule has 0 heterocycles. The Hall–Kier alpha value is -2.69. The molecule has 0 aliphatic heterocycles. The lowest BCUT2D eigenvalue weighted by Crippen LogP contribution is -2.33. The number of hydrogen-bond acceptors (Lipinski definition) is 4. The standard InChI is InChI=1S/C25H33NO4/c1-6-29-22-12-11-18(14-23(22)30-7-2)24(16(3)4)26-25(27)21-15-20(21)17-9-8-10-19(13-17)28-5/h8-14,16,20-21,24H,6-7,15H2,1-5H3,(H,26,27). The zero-order valence-corrected chi connectivity index (χ0v) is 18.6. The van der Waals surface area contributed by atoms with Crippen molar-refractivity contribution < 1.29 is 19.0 Å². The molecule has 5 heteroatoms. The highest BCUT2D eigenvalue weighted by atomic mass is 16.5. The van der Waals surface area contributed by atoms with E-state index < -0.39 is 0 Å². The topological polar surface area (TPSA) is 56.8 Å². The Labute approximate surface area is 179 Å². The van der Waals surface area contributed by atoms with Gasteiger partial charge < -0.3 is 19.5 Å². The normalized spacial score (nSPS) is 18.6. The molecule has 1 saturated carbocycles. The van der Waals surface area contributed by atoms with Crippen LogP contribution in [0.2, 0.25) is 0 Å². The fraction of sp³-hybridized carbons (Fsp3) is 0.480. The van der Waals surface area contributed by atoms with E-state index >= 15 is 0 Å². The van der Waals surface area contributed by atoms with Crippen molar-refractivity contribution >= 4 is 5.91 Å². The first-order valence-electron chi connectivity index (χ1n) is 10.8. The zero-order chi connectivity index (χ0) is 21.7. The summed E-state index contributed by atoms with van der Waals surface area (Å²) in [5.41, 5.74) is 2.19. The van der Waals surface area contributed by atoms with Gasteiger partial charge in [0.25, 0.3) is 0 Å². The molecule has 3 atom stereocenters. The lowest BCUT2D eigenvalue weighted by Gasteiger charge is -2.24. The quantitative estimate of drug-likeness (QED) is 0.590. The third-order valence-electron chi connectivity index (χ3n) is 5.54. The first-order chi connectivity index (χ1) is 14.5. The molecule has 5 nitrogen and oxygen atoms in total. The predicted molar refractivity (Wildman–Crippen MR) is 118 cm³/mol. The summed E-state index contributed by atoms with van der Waals surface area (Å²) < 4.78 is 16.8. The molecule has 1 fully saturated rings. The summed E-state index contributed by atoms with van der Waals surface area (Å²) in [5, 5.41) is 3.28. The first-order valence-corrected chi connectivity index (χ1v) is 10.8. The number of carbonyl (C=O) groups excluding carboxylic acids is 1. The Morgan fingerprint density at radius 2 is 1.80 bits per heavy atom. The van der Waals surface area contributed by atoms with Gasteiger partial charge in [-0.3, -0.25) is 4.79 Å². The molecule has 2 aromatic rings. The van der Waals surface area contributed by atoms with Crippen LogP contribution in [0, 0.1) is 11.8 Å². The number of hydrogen-bond donors (Lipinski definition) is 1. The molecule has 1 N–H and O–H groups in total. The second kappa shape index (κ2) is 9.88. The minimum atomic E-state index is -0.0843. The van der Waals surface area contributed by atoms with Crippen LogP contribution in [0.1, 0.15) is 57.2 Å². The lowest BCUT2D eigenvalue weighted by atomic mass is 9.95. The molecule has 0 aromatic heterocycles. The van der Waals surface area contributed by atoms with Crippen molar-refractivity contribution in [2.45, 2.75) is 46.1 Å². The summed E-state index contributed by atoms with van der Waals surface area (Å²) in [6.07, 6.45) is 0.872. The average molecular weight is 412 g/mol. The van der Waals surface area contributed by atoms with E-state index in [1.54, 1.807) is 7.11 Å². The van der Waals surface area contributed by atoms with Gasteiger partial charge in [-0.15, -0.1) is 0 Å². The van der Waals surface area contributed by atoms with Crippen molar-refractivity contribution in [3.8, 4) is 17.2 Å². The second-order valence-corrected chi connectivity index (χ2v) is 8.03. The van der Waals surface area contributed by atoms with Gasteiger partial charge in [-0.1, -0.05) is 32.0 Å². The van der Waals surface area contributed by atoms with Gasteiger partial charge in [0.1, 0.15) is 5.75 Å². The van der Waals surface area contributed by atoms with E-state index in [0.29, 0.717) is 13.2 Å². The predicted octanol–water partition coefficient (Wildman–Crippen LogP) is 5.11. The Balaban J connectivity index is 1.73. The Bertz CT molecular complexity index is 864. The van der Waals surface area contributed by atoms with Gasteiger partial charge >= 0.3 is 0 Å². The summed E-state index contributed by atoms with van der Waals surface area (Å²) in [4.78, 5) is 13.0. The molecule has 0 spiro atoms. The molecule has 2 aromatic carbocycles. The van der Waals surface area contributed by atoms with Crippen LogP contribution in [0.3, 0.4) is 0 Å². The van der Waals surface area contributed by atoms with Crippen molar-refractivity contribution in [1.29, 1.82) is 0 Å². The maximum atomic E-state index is 13.0. The van der Waals surface area contributed by atoms with Crippen molar-refractivity contribution in [2.24, 2.45) is 11.8 Å². The maximum Gasteiger partial charge on any atom is 0.224 e. The number of amides is 1. The molecule has 0 radical (unpaired) electrons. The van der Waals surface area contributed by atoms with E-state index in [2.05, 4.69) is 25.2 Å². The highest BCUT2D eigenvalue weighted by Gasteiger charge is 2.44. The SMILES string of the molecule is CCOc1ccc(C(NC(=O)C2CC2c2cccc(OC)c2)C(C)C)cc1OCC. The summed E-state index contributed by atoms with van der Waals surface area (Å²) in [5.74, 6) is 2.90. The van der Waals surface area contributed by atoms with Crippen LogP contribution in [0.15, 0.2) is 42.5 Å². The number of carbonyl (C=O) groups is 1. The summed E-state index contributed by atoms with van der Waals surface area (Å²) in [6.45, 7) is 9.29. The van der Waals surface area contributed by atoms with Gasteiger partial charge in [-0.05, 0) is 67.5 Å². The minimum Gasteiger partial charge on any atom is -0.497 e. The molecule has 0 bridgehead atoms. The maximum absolute atomic E-state index is 13.0. The van der Waals surface area contributed by atoms with E-state index in [0.717, 1.165) is 34.8 Å². The van der Waals surface area contributed by atoms with Gasteiger partial charge in [0.15, 0.2) is 11.5 Å². The van der Waals surface area contributed by atoms with Gasteiger partial charge in [-0.25, -0.2) is 0 Å². The van der Waals surface area contributed by atoms with Gasteiger partial charge in [0, 0.05) is 5.92 Å². The summed E-state index contributed by atoms with van der Waals surface area (Å²) >= 11 is 0. The fourth-order valence-electron chi connectivity index (χ4n) is 3.88. The van der Waals surface area contributed by atoms with E-state index in [4.69, 9.17) is 14.2 Å². The monoisotopic (exact) mass is 411 g/mol. The van der Waals surface area contributed by atoms with Gasteiger partial charge in [0.2, 0.25) is 5.91 Å². The van der Waals surface area contributed by atoms with Gasteiger partial charge in [-0.2, -0.15) is 0 Å². The Morgan fingerprint density at radius 3 is 2.47 bits per heavy atom. The molecule has 1 amide bonds. The highest BCUT2D eigenvalue weighted by molar-refractivity contribution is 5.83. The number of nitrogens with one attached hydrogen (secondary N) is 1. The number of methoxy groups -OCH3 is 1. The van der Waals surface area contributed by atoms with Crippen LogP contribution >= 0.6 is 0 Å². The minimum absolute atomic E-state index is 0.00687. The van der Waals surface area contributed by atoms with Crippen LogP contribution in [-0.2, 0) is 4.79 Å².